The fourth-order valence-corrected chi connectivity index (χ4v) is 2.96. The second-order valence-corrected chi connectivity index (χ2v) is 6.87. The third-order valence-corrected chi connectivity index (χ3v) is 4.37. The molecule has 0 amide bonds. The molecule has 0 spiro atoms. The number of nitrogens with one attached hydrogen (secondary N) is 2. The molecule has 30 heavy (non-hydrogen) atoms. The summed E-state index contributed by atoms with van der Waals surface area (Å²) in [5.74, 6) is -2.11. The lowest BCUT2D eigenvalue weighted by molar-refractivity contribution is 0.0685. The number of ether oxygens (including phenoxy) is 1. The number of aromatic nitrogens is 5. The van der Waals surface area contributed by atoms with E-state index in [1.54, 1.807) is 6.92 Å². The summed E-state index contributed by atoms with van der Waals surface area (Å²) in [7, 11) is 0. The van der Waals surface area contributed by atoms with Crippen LogP contribution < -0.4 is 21.5 Å². The third-order valence-electron chi connectivity index (χ3n) is 3.80. The summed E-state index contributed by atoms with van der Waals surface area (Å²) in [6.07, 6.45) is 0. The number of aromatic carboxylic acids is 1. The maximum Gasteiger partial charge on any atom is 0.362 e. The molecule has 0 fully saturated rings. The Kier molecular flexibility index (Phi) is 5.38. The molecule has 0 aliphatic heterocycles. The lowest BCUT2D eigenvalue weighted by Crippen LogP contribution is -2.35. The molecule has 3 rings (SSSR count). The van der Waals surface area contributed by atoms with Crippen LogP contribution in [0.2, 0.25) is 10.0 Å². The first-order valence-corrected chi connectivity index (χ1v) is 8.91. The molecule has 1 atom stereocenters. The number of rotatable bonds is 5. The number of halogens is 2. The molecular formula is C17H13Cl2N5O6. The van der Waals surface area contributed by atoms with Gasteiger partial charge in [-0.3, -0.25) is 14.6 Å². The molecule has 2 aromatic heterocycles. The van der Waals surface area contributed by atoms with Gasteiger partial charge in [0, 0.05) is 13.0 Å². The van der Waals surface area contributed by atoms with Crippen molar-refractivity contribution in [3.05, 3.63) is 70.7 Å². The van der Waals surface area contributed by atoms with E-state index in [-0.39, 0.29) is 45.7 Å². The summed E-state index contributed by atoms with van der Waals surface area (Å²) in [5.41, 5.74) is -3.28. The van der Waals surface area contributed by atoms with Crippen LogP contribution >= 0.6 is 23.2 Å². The van der Waals surface area contributed by atoms with E-state index >= 15 is 0 Å². The highest BCUT2D eigenvalue weighted by atomic mass is 35.5. The Hall–Kier alpha value is -3.44. The Morgan fingerprint density at radius 2 is 1.90 bits per heavy atom. The normalized spacial score (nSPS) is 12.3. The molecule has 0 bridgehead atoms. The van der Waals surface area contributed by atoms with Gasteiger partial charge in [0.1, 0.15) is 0 Å². The Morgan fingerprint density at radius 3 is 2.50 bits per heavy atom. The monoisotopic (exact) mass is 454 g/mol. The minimum Gasteiger partial charge on any atom is -0.476 e. The van der Waals surface area contributed by atoms with Crippen LogP contribution in [0.5, 0.6) is 11.6 Å². The van der Waals surface area contributed by atoms with Gasteiger partial charge >= 0.3 is 11.7 Å². The number of carboxylic acids is 1. The Labute approximate surface area is 178 Å². The van der Waals surface area contributed by atoms with Crippen LogP contribution in [0.15, 0.2) is 32.6 Å². The zero-order valence-electron chi connectivity index (χ0n) is 16.1. The fraction of sp³-hybridized carbons (Fsp3) is 0.176. The zero-order valence-corrected chi connectivity index (χ0v) is 16.6. The van der Waals surface area contributed by atoms with Gasteiger partial charge in [-0.2, -0.15) is 9.78 Å². The molecule has 0 radical (unpaired) electrons. The van der Waals surface area contributed by atoms with Crippen molar-refractivity contribution in [2.45, 2.75) is 19.7 Å². The lowest BCUT2D eigenvalue weighted by atomic mass is 10.1. The fourth-order valence-electron chi connectivity index (χ4n) is 2.41. The summed E-state index contributed by atoms with van der Waals surface area (Å²) < 4.78 is 13.6. The van der Waals surface area contributed by atoms with Gasteiger partial charge in [0.25, 0.3) is 11.1 Å². The molecule has 0 saturated heterocycles. The first-order valence-electron chi connectivity index (χ1n) is 8.86. The molecule has 1 unspecified atom stereocenters. The third kappa shape index (κ3) is 4.11. The molecule has 13 heteroatoms. The average Bonchev–Trinajstić information content (AvgIpc) is 2.70. The van der Waals surface area contributed by atoms with E-state index in [2.05, 4.69) is 15.3 Å². The molecular weight excluding hydrogens is 441 g/mol. The summed E-state index contributed by atoms with van der Waals surface area (Å²) in [4.78, 5) is 48.4. The topological polar surface area (TPSA) is 160 Å². The van der Waals surface area contributed by atoms with Gasteiger partial charge in [0.15, 0.2) is 5.75 Å². The van der Waals surface area contributed by atoms with Gasteiger partial charge in [-0.05, 0) is 18.1 Å². The van der Waals surface area contributed by atoms with Crippen molar-refractivity contribution in [1.82, 2.24) is 25.0 Å². The SMILES string of the molecule is [2H]CC(C)c1cc(Oc2c(Cl)cc(-n3nc(C(=O)O)c(=O)[nH]c3=O)cc2Cl)n[nH]c1=O. The average molecular weight is 455 g/mol. The van der Waals surface area contributed by atoms with Crippen LogP contribution in [0, 0.1) is 0 Å². The predicted molar refractivity (Wildman–Crippen MR) is 106 cm³/mol. The summed E-state index contributed by atoms with van der Waals surface area (Å²) in [6, 6.07) is 3.77. The van der Waals surface area contributed by atoms with Crippen molar-refractivity contribution in [3.8, 4) is 17.3 Å². The molecule has 0 saturated carbocycles. The van der Waals surface area contributed by atoms with Gasteiger partial charge in [-0.15, -0.1) is 5.10 Å². The van der Waals surface area contributed by atoms with Gasteiger partial charge in [0.05, 0.1) is 15.7 Å². The van der Waals surface area contributed by atoms with Crippen LogP contribution in [0.3, 0.4) is 0 Å². The zero-order chi connectivity index (χ0) is 22.9. The van der Waals surface area contributed by atoms with Crippen molar-refractivity contribution in [1.29, 1.82) is 0 Å². The number of hydrogen-bond acceptors (Lipinski definition) is 7. The Bertz CT molecular complexity index is 1330. The second kappa shape index (κ2) is 8.13. The number of carbonyl (C=O) groups is 1. The van der Waals surface area contributed by atoms with Crippen molar-refractivity contribution >= 4 is 29.2 Å². The van der Waals surface area contributed by atoms with E-state index in [0.29, 0.717) is 4.68 Å². The quantitative estimate of drug-likeness (QED) is 0.526. The second-order valence-electron chi connectivity index (χ2n) is 6.06. The number of nitrogens with zero attached hydrogens (tertiary/aromatic N) is 3. The van der Waals surface area contributed by atoms with Gasteiger partial charge in [-0.1, -0.05) is 37.0 Å². The highest BCUT2D eigenvalue weighted by Crippen LogP contribution is 2.37. The predicted octanol–water partition coefficient (Wildman–Crippen LogP) is 1.92. The van der Waals surface area contributed by atoms with Crippen molar-refractivity contribution in [2.75, 3.05) is 0 Å². The maximum absolute atomic E-state index is 12.1. The van der Waals surface area contributed by atoms with Crippen LogP contribution in [0.25, 0.3) is 5.69 Å². The van der Waals surface area contributed by atoms with Crippen LogP contribution in [-0.2, 0) is 0 Å². The summed E-state index contributed by atoms with van der Waals surface area (Å²) >= 11 is 12.4. The van der Waals surface area contributed by atoms with E-state index < -0.39 is 28.5 Å². The van der Waals surface area contributed by atoms with Crippen LogP contribution in [0.4, 0.5) is 0 Å². The van der Waals surface area contributed by atoms with Gasteiger partial charge < -0.3 is 9.84 Å². The molecule has 0 aliphatic rings. The number of carboxylic acid groups (broad SMARTS) is 1. The molecule has 11 nitrogen and oxygen atoms in total. The smallest absolute Gasteiger partial charge is 0.362 e. The largest absolute Gasteiger partial charge is 0.476 e. The number of benzene rings is 1. The van der Waals surface area contributed by atoms with E-state index in [1.165, 1.54) is 18.2 Å². The highest BCUT2D eigenvalue weighted by Gasteiger charge is 2.18. The Morgan fingerprint density at radius 1 is 1.23 bits per heavy atom. The van der Waals surface area contributed by atoms with E-state index in [1.807, 2.05) is 4.98 Å². The van der Waals surface area contributed by atoms with Gasteiger partial charge in [0.2, 0.25) is 11.6 Å². The first kappa shape index (κ1) is 19.9. The first-order chi connectivity index (χ1) is 14.6. The van der Waals surface area contributed by atoms with E-state index in [9.17, 15) is 19.2 Å². The summed E-state index contributed by atoms with van der Waals surface area (Å²) in [6.45, 7) is 1.67. The maximum atomic E-state index is 12.1. The Balaban J connectivity index is 2.04. The van der Waals surface area contributed by atoms with Crippen LogP contribution in [0.1, 0.15) is 37.2 Å². The lowest BCUT2D eigenvalue weighted by Gasteiger charge is -2.12. The molecule has 156 valence electrons. The van der Waals surface area contributed by atoms with Gasteiger partial charge in [-0.25, -0.2) is 14.7 Å². The molecule has 3 N–H and O–H groups in total. The van der Waals surface area contributed by atoms with E-state index in [0.717, 1.165) is 0 Å². The van der Waals surface area contributed by atoms with Crippen molar-refractivity contribution < 1.29 is 16.0 Å². The molecule has 3 aromatic rings. The number of hydrogen-bond donors (Lipinski definition) is 3. The van der Waals surface area contributed by atoms with Crippen molar-refractivity contribution in [3.63, 3.8) is 0 Å². The van der Waals surface area contributed by atoms with E-state index in [4.69, 9.17) is 34.4 Å². The van der Waals surface area contributed by atoms with Crippen LogP contribution in [-0.4, -0.2) is 36.0 Å². The minimum absolute atomic E-state index is 0.0258. The highest BCUT2D eigenvalue weighted by molar-refractivity contribution is 6.37. The number of aromatic amines is 2. The number of H-pyrrole nitrogens is 2. The van der Waals surface area contributed by atoms with Crippen molar-refractivity contribution in [2.24, 2.45) is 0 Å². The summed E-state index contributed by atoms with van der Waals surface area (Å²) in [5, 5.41) is 18.4. The molecule has 1 aromatic carbocycles. The molecule has 0 aliphatic carbocycles. The minimum atomic E-state index is -1.63. The molecule has 2 heterocycles. The standard InChI is InChI=1S/C17H13Cl2N5O6/c1-6(2)8-5-11(21-22-14(8)25)30-13-9(18)3-7(4-10(13)19)24-17(29)20-15(26)12(23-24)16(27)28/h3-6H,1-2H3,(H,22,25)(H,27,28)(H,20,26,29)/i1D.